The summed E-state index contributed by atoms with van der Waals surface area (Å²) >= 11 is 0. The molecule has 1 aromatic carbocycles. The lowest BCUT2D eigenvalue weighted by molar-refractivity contribution is -0.136. The zero-order valence-corrected chi connectivity index (χ0v) is 13.7. The molecule has 0 aromatic heterocycles. The first kappa shape index (κ1) is 16.1. The molecule has 0 radical (unpaired) electrons. The van der Waals surface area contributed by atoms with Crippen LogP contribution in [0.1, 0.15) is 56.9 Å². The predicted molar refractivity (Wildman–Crippen MR) is 90.7 cm³/mol. The monoisotopic (exact) mass is 314 g/mol. The molecule has 1 N–H and O–H groups in total. The Labute approximate surface area is 138 Å². The van der Waals surface area contributed by atoms with Crippen LogP contribution in [-0.4, -0.2) is 17.7 Å². The molecule has 3 nitrogen and oxygen atoms in total. The van der Waals surface area contributed by atoms with E-state index in [0.717, 1.165) is 11.3 Å². The lowest BCUT2D eigenvalue weighted by Crippen LogP contribution is -2.19. The molecule has 0 saturated heterocycles. The predicted octanol–water partition coefficient (Wildman–Crippen LogP) is 4.75. The zero-order valence-electron chi connectivity index (χ0n) is 13.7. The highest BCUT2D eigenvalue weighted by Gasteiger charge is 2.33. The number of hydrogen-bond acceptors (Lipinski definition) is 2. The lowest BCUT2D eigenvalue weighted by Gasteiger charge is -2.31. The number of aryl methyl sites for hydroxylation is 1. The van der Waals surface area contributed by atoms with Gasteiger partial charge >= 0.3 is 5.97 Å². The number of ether oxygens (including phenoxy) is 1. The minimum absolute atomic E-state index is 0.176. The number of carboxylic acid groups (broad SMARTS) is 1. The molecule has 0 amide bonds. The van der Waals surface area contributed by atoms with Gasteiger partial charge in [0.2, 0.25) is 0 Å². The summed E-state index contributed by atoms with van der Waals surface area (Å²) in [5.74, 6) is 0.117. The van der Waals surface area contributed by atoms with Gasteiger partial charge < -0.3 is 9.84 Å². The third-order valence-electron chi connectivity index (χ3n) is 5.26. The molecular formula is C20H26O3. The Morgan fingerprint density at radius 1 is 1.09 bits per heavy atom. The van der Waals surface area contributed by atoms with Crippen LogP contribution < -0.4 is 4.74 Å². The second-order valence-electron chi connectivity index (χ2n) is 7.05. The minimum Gasteiger partial charge on any atom is -0.489 e. The van der Waals surface area contributed by atoms with Gasteiger partial charge in [-0.15, -0.1) is 0 Å². The van der Waals surface area contributed by atoms with Crippen LogP contribution >= 0.6 is 0 Å². The number of carbonyl (C=O) groups is 1. The molecule has 0 unspecified atom stereocenters. The van der Waals surface area contributed by atoms with E-state index in [9.17, 15) is 4.79 Å². The van der Waals surface area contributed by atoms with Crippen LogP contribution in [0.5, 0.6) is 5.75 Å². The summed E-state index contributed by atoms with van der Waals surface area (Å²) < 4.78 is 5.94. The van der Waals surface area contributed by atoms with Crippen LogP contribution in [0.15, 0.2) is 35.9 Å². The second kappa shape index (κ2) is 7.20. The fourth-order valence-corrected chi connectivity index (χ4v) is 4.01. The number of aliphatic carboxylic acids is 1. The quantitative estimate of drug-likeness (QED) is 0.770. The SMILES string of the molecule is O=C(O)CCc1ccc(OCC2=CC3(CCCC3)CCC2)cc1. The molecule has 2 aliphatic carbocycles. The molecule has 124 valence electrons. The van der Waals surface area contributed by atoms with Crippen molar-refractivity contribution in [2.24, 2.45) is 5.41 Å². The fourth-order valence-electron chi connectivity index (χ4n) is 4.01. The van der Waals surface area contributed by atoms with E-state index in [-0.39, 0.29) is 6.42 Å². The lowest BCUT2D eigenvalue weighted by atomic mass is 9.75. The standard InChI is InChI=1S/C20H26O3/c21-19(22)10-7-16-5-8-18(9-6-16)23-15-17-4-3-13-20(14-17)11-1-2-12-20/h5-6,8-9,14H,1-4,7,10-13,15H2,(H,21,22). The number of carboxylic acids is 1. The Kier molecular flexibility index (Phi) is 5.04. The Balaban J connectivity index is 1.53. The first-order chi connectivity index (χ1) is 11.2. The highest BCUT2D eigenvalue weighted by molar-refractivity contribution is 5.67. The highest BCUT2D eigenvalue weighted by atomic mass is 16.5. The van der Waals surface area contributed by atoms with Crippen molar-refractivity contribution in [1.29, 1.82) is 0 Å². The zero-order chi connectivity index (χ0) is 16.1. The van der Waals surface area contributed by atoms with E-state index in [4.69, 9.17) is 9.84 Å². The molecule has 0 atom stereocenters. The smallest absolute Gasteiger partial charge is 0.303 e. The highest BCUT2D eigenvalue weighted by Crippen LogP contribution is 2.47. The van der Waals surface area contributed by atoms with Crippen LogP contribution in [-0.2, 0) is 11.2 Å². The van der Waals surface area contributed by atoms with Crippen molar-refractivity contribution in [2.45, 2.75) is 57.8 Å². The average Bonchev–Trinajstić information content (AvgIpc) is 2.99. The Hall–Kier alpha value is -1.77. The van der Waals surface area contributed by atoms with Crippen molar-refractivity contribution in [3.05, 3.63) is 41.5 Å². The Morgan fingerprint density at radius 3 is 2.48 bits per heavy atom. The summed E-state index contributed by atoms with van der Waals surface area (Å²) in [4.78, 5) is 10.6. The van der Waals surface area contributed by atoms with E-state index in [0.29, 0.717) is 18.4 Å². The molecule has 1 saturated carbocycles. The van der Waals surface area contributed by atoms with E-state index in [1.54, 1.807) is 0 Å². The number of rotatable bonds is 6. The molecule has 23 heavy (non-hydrogen) atoms. The van der Waals surface area contributed by atoms with Crippen molar-refractivity contribution in [2.75, 3.05) is 6.61 Å². The Morgan fingerprint density at radius 2 is 1.78 bits per heavy atom. The third kappa shape index (κ3) is 4.37. The van der Waals surface area contributed by atoms with Gasteiger partial charge in [-0.1, -0.05) is 31.1 Å². The topological polar surface area (TPSA) is 46.5 Å². The van der Waals surface area contributed by atoms with Gasteiger partial charge in [-0.2, -0.15) is 0 Å². The summed E-state index contributed by atoms with van der Waals surface area (Å²) in [6.45, 7) is 0.691. The summed E-state index contributed by atoms with van der Waals surface area (Å²) in [6, 6.07) is 7.83. The molecule has 1 spiro atoms. The summed E-state index contributed by atoms with van der Waals surface area (Å²) in [6.07, 6.45) is 12.5. The summed E-state index contributed by atoms with van der Waals surface area (Å²) in [7, 11) is 0. The first-order valence-electron chi connectivity index (χ1n) is 8.79. The van der Waals surface area contributed by atoms with Gasteiger partial charge in [0, 0.05) is 6.42 Å². The molecule has 3 heteroatoms. The van der Waals surface area contributed by atoms with Crippen molar-refractivity contribution in [1.82, 2.24) is 0 Å². The molecule has 0 heterocycles. The van der Waals surface area contributed by atoms with Gasteiger partial charge in [-0.3, -0.25) is 4.79 Å². The largest absolute Gasteiger partial charge is 0.489 e. The van der Waals surface area contributed by atoms with E-state index >= 15 is 0 Å². The second-order valence-corrected chi connectivity index (χ2v) is 7.05. The van der Waals surface area contributed by atoms with E-state index < -0.39 is 5.97 Å². The van der Waals surface area contributed by atoms with Crippen molar-refractivity contribution in [3.63, 3.8) is 0 Å². The number of hydrogen-bond donors (Lipinski definition) is 1. The van der Waals surface area contributed by atoms with Gasteiger partial charge in [-0.05, 0) is 67.2 Å². The van der Waals surface area contributed by atoms with Crippen molar-refractivity contribution >= 4 is 5.97 Å². The maximum Gasteiger partial charge on any atom is 0.303 e. The normalized spacial score (nSPS) is 19.6. The van der Waals surface area contributed by atoms with E-state index in [2.05, 4.69) is 6.08 Å². The fraction of sp³-hybridized carbons (Fsp3) is 0.550. The van der Waals surface area contributed by atoms with Crippen molar-refractivity contribution in [3.8, 4) is 5.75 Å². The molecule has 0 aliphatic heterocycles. The minimum atomic E-state index is -0.754. The van der Waals surface area contributed by atoms with Crippen LogP contribution in [0.4, 0.5) is 0 Å². The van der Waals surface area contributed by atoms with Crippen LogP contribution in [0, 0.1) is 5.41 Å². The van der Waals surface area contributed by atoms with Gasteiger partial charge in [0.1, 0.15) is 12.4 Å². The van der Waals surface area contributed by atoms with Crippen molar-refractivity contribution < 1.29 is 14.6 Å². The van der Waals surface area contributed by atoms with Crippen LogP contribution in [0.2, 0.25) is 0 Å². The van der Waals surface area contributed by atoms with Gasteiger partial charge in [0.15, 0.2) is 0 Å². The first-order valence-corrected chi connectivity index (χ1v) is 8.79. The molecular weight excluding hydrogens is 288 g/mol. The molecule has 0 bridgehead atoms. The summed E-state index contributed by atoms with van der Waals surface area (Å²) in [5, 5.41) is 8.71. The summed E-state index contributed by atoms with van der Waals surface area (Å²) in [5.41, 5.74) is 2.98. The van der Waals surface area contributed by atoms with Crippen LogP contribution in [0.3, 0.4) is 0 Å². The molecule has 3 rings (SSSR count). The Bertz CT molecular complexity index is 565. The molecule has 1 fully saturated rings. The number of allylic oxidation sites excluding steroid dienone is 1. The van der Waals surface area contributed by atoms with Gasteiger partial charge in [0.25, 0.3) is 0 Å². The maximum absolute atomic E-state index is 10.6. The van der Waals surface area contributed by atoms with E-state index in [1.165, 1.54) is 50.5 Å². The van der Waals surface area contributed by atoms with Gasteiger partial charge in [-0.25, -0.2) is 0 Å². The van der Waals surface area contributed by atoms with Crippen LogP contribution in [0.25, 0.3) is 0 Å². The third-order valence-corrected chi connectivity index (χ3v) is 5.26. The number of benzene rings is 1. The molecule has 2 aliphatic rings. The average molecular weight is 314 g/mol. The van der Waals surface area contributed by atoms with Gasteiger partial charge in [0.05, 0.1) is 0 Å². The van der Waals surface area contributed by atoms with E-state index in [1.807, 2.05) is 24.3 Å². The maximum atomic E-state index is 10.6. The molecule has 1 aromatic rings.